The average Bonchev–Trinajstić information content (AvgIpc) is 2.79. The molecule has 4 heteroatoms. The molecule has 0 radical (unpaired) electrons. The maximum Gasteiger partial charge on any atom is 0.242 e. The number of rotatable bonds is 9. The van der Waals surface area contributed by atoms with Crippen LogP contribution in [0.15, 0.2) is 91.0 Å². The van der Waals surface area contributed by atoms with Crippen LogP contribution in [0.4, 0.5) is 0 Å². The van der Waals surface area contributed by atoms with Gasteiger partial charge in [0.2, 0.25) is 11.8 Å². The van der Waals surface area contributed by atoms with Crippen LogP contribution in [-0.2, 0) is 29.0 Å². The van der Waals surface area contributed by atoms with Gasteiger partial charge in [-0.05, 0) is 30.0 Å². The summed E-state index contributed by atoms with van der Waals surface area (Å²) < 4.78 is 0. The SMILES string of the molecule is CC(C(=O)NCCc1ccccc1)N(Cc1ccccc1)C(=O)Cc1ccccc1. The van der Waals surface area contributed by atoms with Crippen LogP contribution in [0.5, 0.6) is 0 Å². The van der Waals surface area contributed by atoms with Crippen molar-refractivity contribution in [1.82, 2.24) is 10.2 Å². The lowest BCUT2D eigenvalue weighted by Crippen LogP contribution is -2.48. The van der Waals surface area contributed by atoms with Crippen LogP contribution >= 0.6 is 0 Å². The van der Waals surface area contributed by atoms with E-state index in [1.807, 2.05) is 91.0 Å². The Bertz CT molecular complexity index is 927. The molecule has 3 rings (SSSR count). The summed E-state index contributed by atoms with van der Waals surface area (Å²) in [4.78, 5) is 27.6. The first-order chi connectivity index (χ1) is 14.6. The molecule has 0 saturated carbocycles. The maximum atomic E-state index is 13.1. The summed E-state index contributed by atoms with van der Waals surface area (Å²) in [6, 6.07) is 28.9. The van der Waals surface area contributed by atoms with Crippen LogP contribution in [0, 0.1) is 0 Å². The van der Waals surface area contributed by atoms with Gasteiger partial charge in [0.25, 0.3) is 0 Å². The zero-order valence-electron chi connectivity index (χ0n) is 17.3. The van der Waals surface area contributed by atoms with Gasteiger partial charge in [-0.3, -0.25) is 9.59 Å². The quantitative estimate of drug-likeness (QED) is 0.590. The molecule has 3 aromatic rings. The normalized spacial score (nSPS) is 11.5. The third-order valence-corrected chi connectivity index (χ3v) is 5.12. The lowest BCUT2D eigenvalue weighted by Gasteiger charge is -2.29. The molecule has 4 nitrogen and oxygen atoms in total. The fourth-order valence-electron chi connectivity index (χ4n) is 3.36. The first-order valence-electron chi connectivity index (χ1n) is 10.3. The molecule has 0 aromatic heterocycles. The molecular weight excluding hydrogens is 372 g/mol. The molecule has 0 bridgehead atoms. The highest BCUT2D eigenvalue weighted by molar-refractivity contribution is 5.88. The lowest BCUT2D eigenvalue weighted by atomic mass is 10.1. The molecule has 3 aromatic carbocycles. The van der Waals surface area contributed by atoms with Gasteiger partial charge in [0, 0.05) is 13.1 Å². The fourth-order valence-corrected chi connectivity index (χ4v) is 3.36. The van der Waals surface area contributed by atoms with Gasteiger partial charge in [0.15, 0.2) is 0 Å². The first-order valence-corrected chi connectivity index (χ1v) is 10.3. The Labute approximate surface area is 178 Å². The zero-order valence-corrected chi connectivity index (χ0v) is 17.3. The minimum absolute atomic E-state index is 0.0595. The molecule has 0 spiro atoms. The zero-order chi connectivity index (χ0) is 21.2. The number of carbonyl (C=O) groups excluding carboxylic acids is 2. The predicted molar refractivity (Wildman–Crippen MR) is 120 cm³/mol. The van der Waals surface area contributed by atoms with Crippen LogP contribution in [-0.4, -0.2) is 29.3 Å². The molecule has 2 amide bonds. The fraction of sp³-hybridized carbons (Fsp3) is 0.231. The highest BCUT2D eigenvalue weighted by Crippen LogP contribution is 2.12. The van der Waals surface area contributed by atoms with E-state index in [0.717, 1.165) is 17.5 Å². The van der Waals surface area contributed by atoms with Crippen molar-refractivity contribution in [2.75, 3.05) is 6.54 Å². The molecule has 30 heavy (non-hydrogen) atoms. The summed E-state index contributed by atoms with van der Waals surface area (Å²) in [6.07, 6.45) is 1.03. The first kappa shape index (κ1) is 21.3. The van der Waals surface area contributed by atoms with E-state index in [0.29, 0.717) is 13.1 Å². The summed E-state index contributed by atoms with van der Waals surface area (Å²) in [7, 11) is 0. The van der Waals surface area contributed by atoms with Crippen LogP contribution in [0.2, 0.25) is 0 Å². The Morgan fingerprint density at radius 1 is 0.767 bits per heavy atom. The number of carbonyl (C=O) groups is 2. The Morgan fingerprint density at radius 3 is 1.83 bits per heavy atom. The number of hydrogen-bond donors (Lipinski definition) is 1. The molecule has 0 aliphatic carbocycles. The van der Waals surface area contributed by atoms with Crippen LogP contribution in [0.25, 0.3) is 0 Å². The van der Waals surface area contributed by atoms with Gasteiger partial charge in [0.1, 0.15) is 6.04 Å². The Kier molecular flexibility index (Phi) is 7.78. The third-order valence-electron chi connectivity index (χ3n) is 5.12. The van der Waals surface area contributed by atoms with Crippen molar-refractivity contribution in [3.8, 4) is 0 Å². The van der Waals surface area contributed by atoms with Crippen molar-refractivity contribution in [3.63, 3.8) is 0 Å². The number of amides is 2. The molecule has 0 fully saturated rings. The van der Waals surface area contributed by atoms with E-state index in [1.165, 1.54) is 5.56 Å². The van der Waals surface area contributed by atoms with E-state index in [-0.39, 0.29) is 18.2 Å². The van der Waals surface area contributed by atoms with Crippen molar-refractivity contribution in [2.45, 2.75) is 32.4 Å². The van der Waals surface area contributed by atoms with Gasteiger partial charge in [-0.15, -0.1) is 0 Å². The third kappa shape index (κ3) is 6.31. The van der Waals surface area contributed by atoms with Crippen molar-refractivity contribution < 1.29 is 9.59 Å². The van der Waals surface area contributed by atoms with Crippen molar-refractivity contribution in [1.29, 1.82) is 0 Å². The summed E-state index contributed by atoms with van der Waals surface area (Å²) >= 11 is 0. The topological polar surface area (TPSA) is 49.4 Å². The lowest BCUT2D eigenvalue weighted by molar-refractivity contribution is -0.140. The van der Waals surface area contributed by atoms with Gasteiger partial charge in [-0.25, -0.2) is 0 Å². The number of hydrogen-bond acceptors (Lipinski definition) is 2. The summed E-state index contributed by atoms with van der Waals surface area (Å²) in [6.45, 7) is 2.74. The van der Waals surface area contributed by atoms with Crippen LogP contribution < -0.4 is 5.32 Å². The van der Waals surface area contributed by atoms with Crippen LogP contribution in [0.3, 0.4) is 0 Å². The molecular formula is C26H28N2O2. The summed E-state index contributed by atoms with van der Waals surface area (Å²) in [5.74, 6) is -0.195. The highest BCUT2D eigenvalue weighted by atomic mass is 16.2. The van der Waals surface area contributed by atoms with E-state index in [1.54, 1.807) is 11.8 Å². The minimum Gasteiger partial charge on any atom is -0.354 e. The molecule has 0 aliphatic heterocycles. The second-order valence-electron chi connectivity index (χ2n) is 7.37. The van der Waals surface area contributed by atoms with Gasteiger partial charge in [-0.2, -0.15) is 0 Å². The Hall–Kier alpha value is -3.40. The Balaban J connectivity index is 1.66. The average molecular weight is 401 g/mol. The minimum atomic E-state index is -0.558. The van der Waals surface area contributed by atoms with Crippen molar-refractivity contribution >= 4 is 11.8 Å². The second-order valence-corrected chi connectivity index (χ2v) is 7.37. The maximum absolute atomic E-state index is 13.1. The molecule has 0 saturated heterocycles. The standard InChI is InChI=1S/C26H28N2O2/c1-21(26(30)27-18-17-22-11-5-2-6-12-22)28(20-24-15-9-4-10-16-24)25(29)19-23-13-7-3-8-14-23/h2-16,21H,17-20H2,1H3,(H,27,30). The van der Waals surface area contributed by atoms with E-state index in [4.69, 9.17) is 0 Å². The van der Waals surface area contributed by atoms with Gasteiger partial charge in [-0.1, -0.05) is 91.0 Å². The van der Waals surface area contributed by atoms with Gasteiger partial charge >= 0.3 is 0 Å². The van der Waals surface area contributed by atoms with Crippen molar-refractivity contribution in [2.24, 2.45) is 0 Å². The Morgan fingerprint density at radius 2 is 1.27 bits per heavy atom. The van der Waals surface area contributed by atoms with E-state index in [2.05, 4.69) is 5.32 Å². The molecule has 0 heterocycles. The predicted octanol–water partition coefficient (Wildman–Crippen LogP) is 4.01. The summed E-state index contributed by atoms with van der Waals surface area (Å²) in [5.41, 5.74) is 3.12. The molecule has 1 N–H and O–H groups in total. The van der Waals surface area contributed by atoms with Crippen LogP contribution in [0.1, 0.15) is 23.6 Å². The molecule has 154 valence electrons. The molecule has 0 aliphatic rings. The number of benzene rings is 3. The number of nitrogens with one attached hydrogen (secondary N) is 1. The van der Waals surface area contributed by atoms with Crippen molar-refractivity contribution in [3.05, 3.63) is 108 Å². The molecule has 1 atom stereocenters. The van der Waals surface area contributed by atoms with Gasteiger partial charge in [0.05, 0.1) is 6.42 Å². The smallest absolute Gasteiger partial charge is 0.242 e. The van der Waals surface area contributed by atoms with E-state index >= 15 is 0 Å². The largest absolute Gasteiger partial charge is 0.354 e. The van der Waals surface area contributed by atoms with E-state index < -0.39 is 6.04 Å². The monoisotopic (exact) mass is 400 g/mol. The second kappa shape index (κ2) is 11.0. The number of nitrogens with zero attached hydrogens (tertiary/aromatic N) is 1. The molecule has 1 unspecified atom stereocenters. The van der Waals surface area contributed by atoms with E-state index in [9.17, 15) is 9.59 Å². The summed E-state index contributed by atoms with van der Waals surface area (Å²) in [5, 5.41) is 2.98. The van der Waals surface area contributed by atoms with Gasteiger partial charge < -0.3 is 10.2 Å². The highest BCUT2D eigenvalue weighted by Gasteiger charge is 2.26.